The van der Waals surface area contributed by atoms with Crippen molar-refractivity contribution in [2.45, 2.75) is 50.8 Å². The fraction of sp³-hybridized carbons (Fsp3) is 0.481. The predicted octanol–water partition coefficient (Wildman–Crippen LogP) is 5.49. The molecule has 3 aromatic rings. The van der Waals surface area contributed by atoms with Crippen molar-refractivity contribution in [1.29, 1.82) is 0 Å². The smallest absolute Gasteiger partial charge is 0.260 e. The molecule has 36 heavy (non-hydrogen) atoms. The summed E-state index contributed by atoms with van der Waals surface area (Å²) >= 11 is 1.49. The number of unbranched alkanes of at least 4 members (excludes halogenated alkanes) is 2. The van der Waals surface area contributed by atoms with Crippen molar-refractivity contribution in [2.75, 3.05) is 45.2 Å². The van der Waals surface area contributed by atoms with Gasteiger partial charge in [0.2, 0.25) is 10.0 Å². The summed E-state index contributed by atoms with van der Waals surface area (Å²) < 4.78 is 29.2. The van der Waals surface area contributed by atoms with E-state index < -0.39 is 10.0 Å². The van der Waals surface area contributed by atoms with Crippen molar-refractivity contribution in [1.82, 2.24) is 14.2 Å². The van der Waals surface area contributed by atoms with Crippen LogP contribution in [-0.2, 0) is 10.0 Å². The molecule has 9 heteroatoms. The average Bonchev–Trinajstić information content (AvgIpc) is 3.30. The molecule has 2 aromatic carbocycles. The molecule has 0 atom stereocenters. The predicted molar refractivity (Wildman–Crippen MR) is 149 cm³/mol. The van der Waals surface area contributed by atoms with Gasteiger partial charge in [-0.3, -0.25) is 9.69 Å². The third-order valence-electron chi connectivity index (χ3n) is 6.01. The van der Waals surface area contributed by atoms with Gasteiger partial charge >= 0.3 is 0 Å². The van der Waals surface area contributed by atoms with Gasteiger partial charge in [0, 0.05) is 25.2 Å². The third-order valence-corrected chi connectivity index (χ3v) is 8.98. The van der Waals surface area contributed by atoms with Crippen molar-refractivity contribution in [3.05, 3.63) is 54.1 Å². The number of anilines is 1. The zero-order valence-corrected chi connectivity index (χ0v) is 23.4. The second kappa shape index (κ2) is 13.3. The zero-order chi connectivity index (χ0) is 26.1. The van der Waals surface area contributed by atoms with Crippen molar-refractivity contribution in [2.24, 2.45) is 0 Å². The highest BCUT2D eigenvalue weighted by molar-refractivity contribution is 7.89. The molecular weight excluding hydrogens is 492 g/mol. The molecule has 0 fully saturated rings. The molecule has 0 aliphatic carbocycles. The number of carbonyl (C=O) groups is 1. The van der Waals surface area contributed by atoms with E-state index in [0.29, 0.717) is 30.3 Å². The number of aromatic nitrogens is 1. The molecule has 0 N–H and O–H groups in total. The topological polar surface area (TPSA) is 73.8 Å². The molecule has 0 bridgehead atoms. The lowest BCUT2D eigenvalue weighted by molar-refractivity contribution is 0.0986. The molecule has 0 spiro atoms. The van der Waals surface area contributed by atoms with E-state index in [1.165, 1.54) is 11.3 Å². The molecular formula is C27H38N4O3S2. The number of para-hydroxylation sites is 1. The van der Waals surface area contributed by atoms with E-state index in [1.54, 1.807) is 33.5 Å². The molecule has 0 saturated heterocycles. The Kier molecular flexibility index (Phi) is 10.4. The summed E-state index contributed by atoms with van der Waals surface area (Å²) in [6.45, 7) is 6.50. The van der Waals surface area contributed by atoms with Gasteiger partial charge in [0.1, 0.15) is 0 Å². The Morgan fingerprint density at radius 1 is 0.861 bits per heavy atom. The Hall–Kier alpha value is -2.33. The minimum Gasteiger partial charge on any atom is -0.309 e. The van der Waals surface area contributed by atoms with Crippen LogP contribution in [0.1, 0.15) is 56.3 Å². The fourth-order valence-electron chi connectivity index (χ4n) is 3.90. The van der Waals surface area contributed by atoms with Crippen LogP contribution in [0.2, 0.25) is 0 Å². The van der Waals surface area contributed by atoms with E-state index in [1.807, 2.05) is 38.4 Å². The number of benzene rings is 2. The molecule has 1 aromatic heterocycles. The fourth-order valence-corrected chi connectivity index (χ4v) is 6.41. The van der Waals surface area contributed by atoms with Gasteiger partial charge in [0.25, 0.3) is 5.91 Å². The number of fused-ring (bicyclic) bond motifs is 1. The van der Waals surface area contributed by atoms with E-state index in [4.69, 9.17) is 4.98 Å². The molecule has 0 aliphatic heterocycles. The summed E-state index contributed by atoms with van der Waals surface area (Å²) in [5.41, 5.74) is 1.32. The molecule has 3 rings (SSSR count). The maximum absolute atomic E-state index is 13.6. The van der Waals surface area contributed by atoms with Crippen molar-refractivity contribution < 1.29 is 13.2 Å². The number of thiazole rings is 1. The average molecular weight is 531 g/mol. The molecule has 1 heterocycles. The molecule has 1 amide bonds. The van der Waals surface area contributed by atoms with Gasteiger partial charge in [-0.15, -0.1) is 0 Å². The number of hydrogen-bond acceptors (Lipinski definition) is 6. The van der Waals surface area contributed by atoms with Crippen LogP contribution < -0.4 is 4.90 Å². The maximum Gasteiger partial charge on any atom is 0.260 e. The van der Waals surface area contributed by atoms with Gasteiger partial charge in [-0.2, -0.15) is 4.31 Å². The standard InChI is InChI=1S/C27H38N4O3S2/c1-5-7-19-30(20-8-6-2)36(33,34)23-16-14-22(15-17-23)26(32)31(21-11-18-29(3)4)27-28-24-12-9-10-13-25(24)35-27/h9-10,12-17H,5-8,11,18-21H2,1-4H3. The normalized spacial score (nSPS) is 12.1. The number of sulfonamides is 1. The van der Waals surface area contributed by atoms with Crippen molar-refractivity contribution in [3.8, 4) is 0 Å². The number of carbonyl (C=O) groups excluding carboxylic acids is 1. The zero-order valence-electron chi connectivity index (χ0n) is 21.8. The van der Waals surface area contributed by atoms with Crippen LogP contribution in [0.15, 0.2) is 53.4 Å². The van der Waals surface area contributed by atoms with Crippen molar-refractivity contribution >= 4 is 42.6 Å². The van der Waals surface area contributed by atoms with Crippen LogP contribution >= 0.6 is 11.3 Å². The van der Waals surface area contributed by atoms with Gasteiger partial charge in [-0.1, -0.05) is 50.2 Å². The van der Waals surface area contributed by atoms with E-state index in [-0.39, 0.29) is 10.8 Å². The van der Waals surface area contributed by atoms with Gasteiger partial charge in [-0.25, -0.2) is 13.4 Å². The van der Waals surface area contributed by atoms with E-state index in [9.17, 15) is 13.2 Å². The van der Waals surface area contributed by atoms with Crippen molar-refractivity contribution in [3.63, 3.8) is 0 Å². The largest absolute Gasteiger partial charge is 0.309 e. The molecule has 0 aliphatic rings. The van der Waals surface area contributed by atoms with Gasteiger partial charge in [-0.05, 0) is 76.3 Å². The van der Waals surface area contributed by atoms with Crippen LogP contribution in [0.3, 0.4) is 0 Å². The summed E-state index contributed by atoms with van der Waals surface area (Å²) in [7, 11) is 0.406. The van der Waals surface area contributed by atoms with E-state index in [0.717, 1.165) is 48.9 Å². The van der Waals surface area contributed by atoms with Gasteiger partial charge < -0.3 is 4.90 Å². The molecule has 7 nitrogen and oxygen atoms in total. The second-order valence-electron chi connectivity index (χ2n) is 9.21. The van der Waals surface area contributed by atoms with Gasteiger partial charge in [0.05, 0.1) is 15.1 Å². The van der Waals surface area contributed by atoms with E-state index >= 15 is 0 Å². The SMILES string of the molecule is CCCCN(CCCC)S(=O)(=O)c1ccc(C(=O)N(CCCN(C)C)c2nc3ccccc3s2)cc1. The van der Waals surface area contributed by atoms with Crippen LogP contribution in [0.25, 0.3) is 10.2 Å². The number of amides is 1. The molecule has 0 radical (unpaired) electrons. The monoisotopic (exact) mass is 530 g/mol. The summed E-state index contributed by atoms with van der Waals surface area (Å²) in [4.78, 5) is 22.3. The summed E-state index contributed by atoms with van der Waals surface area (Å²) in [6.07, 6.45) is 4.31. The first-order valence-electron chi connectivity index (χ1n) is 12.7. The Morgan fingerprint density at radius 2 is 1.50 bits per heavy atom. The Labute approximate surface area is 219 Å². The Bertz CT molecular complexity index is 1180. The summed E-state index contributed by atoms with van der Waals surface area (Å²) in [6, 6.07) is 14.2. The first-order valence-corrected chi connectivity index (χ1v) is 15.0. The number of rotatable bonds is 14. The summed E-state index contributed by atoms with van der Waals surface area (Å²) in [5.74, 6) is -0.175. The Morgan fingerprint density at radius 3 is 2.08 bits per heavy atom. The Balaban J connectivity index is 1.86. The highest BCUT2D eigenvalue weighted by atomic mass is 32.2. The molecule has 0 unspecified atom stereocenters. The minimum absolute atomic E-state index is 0.175. The lowest BCUT2D eigenvalue weighted by Gasteiger charge is -2.23. The van der Waals surface area contributed by atoms with Crippen LogP contribution in [0, 0.1) is 0 Å². The van der Waals surface area contributed by atoms with Crippen LogP contribution in [0.5, 0.6) is 0 Å². The molecule has 0 saturated carbocycles. The second-order valence-corrected chi connectivity index (χ2v) is 12.2. The first-order chi connectivity index (χ1) is 17.3. The van der Waals surface area contributed by atoms with E-state index in [2.05, 4.69) is 18.7 Å². The number of hydrogen-bond donors (Lipinski definition) is 0. The molecule has 196 valence electrons. The quantitative estimate of drug-likeness (QED) is 0.276. The first kappa shape index (κ1) is 28.2. The van der Waals surface area contributed by atoms with Crippen LogP contribution in [-0.4, -0.2) is 68.8 Å². The number of nitrogens with zero attached hydrogens (tertiary/aromatic N) is 4. The minimum atomic E-state index is -3.61. The maximum atomic E-state index is 13.6. The third kappa shape index (κ3) is 7.12. The lowest BCUT2D eigenvalue weighted by Crippen LogP contribution is -2.34. The highest BCUT2D eigenvalue weighted by Crippen LogP contribution is 2.30. The van der Waals surface area contributed by atoms with Gasteiger partial charge in [0.15, 0.2) is 5.13 Å². The summed E-state index contributed by atoms with van der Waals surface area (Å²) in [5, 5.41) is 0.655. The van der Waals surface area contributed by atoms with Crippen LogP contribution in [0.4, 0.5) is 5.13 Å². The highest BCUT2D eigenvalue weighted by Gasteiger charge is 2.25. The lowest BCUT2D eigenvalue weighted by atomic mass is 10.2.